The molecule has 1 N–H and O–H groups in total. The molecule has 0 amide bonds. The van der Waals surface area contributed by atoms with Gasteiger partial charge in [-0.25, -0.2) is 8.42 Å². The van der Waals surface area contributed by atoms with E-state index in [4.69, 9.17) is 11.6 Å². The number of sulfonamides is 1. The summed E-state index contributed by atoms with van der Waals surface area (Å²) in [6.07, 6.45) is 1.72. The predicted octanol–water partition coefficient (Wildman–Crippen LogP) is 1.56. The molecule has 1 aliphatic heterocycles. The fourth-order valence-corrected chi connectivity index (χ4v) is 4.85. The molecule has 0 bridgehead atoms. The van der Waals surface area contributed by atoms with E-state index in [1.165, 1.54) is 4.31 Å². The molecule has 1 aromatic rings. The summed E-state index contributed by atoms with van der Waals surface area (Å²) in [6.45, 7) is 6.73. The van der Waals surface area contributed by atoms with Gasteiger partial charge in [0.15, 0.2) is 0 Å². The highest BCUT2D eigenvalue weighted by atomic mass is 35.5. The standard InChI is InChI=1S/C13H23ClN4O2S/c1-4-18-7-5-11(6-8-18)17(3)21(19,20)13-10(2)15-16-12(13)9-14/h11H,4-9H2,1-3H3,(H,15,16). The molecule has 21 heavy (non-hydrogen) atoms. The van der Waals surface area contributed by atoms with Crippen molar-refractivity contribution in [2.24, 2.45) is 0 Å². The van der Waals surface area contributed by atoms with Crippen molar-refractivity contribution >= 4 is 21.6 Å². The molecule has 0 aromatic carbocycles. The predicted molar refractivity (Wildman–Crippen MR) is 83.0 cm³/mol. The lowest BCUT2D eigenvalue weighted by atomic mass is 10.1. The summed E-state index contributed by atoms with van der Waals surface area (Å²) in [4.78, 5) is 2.57. The van der Waals surface area contributed by atoms with E-state index in [1.807, 2.05) is 0 Å². The smallest absolute Gasteiger partial charge is 0.246 e. The average Bonchev–Trinajstić information content (AvgIpc) is 2.88. The minimum absolute atomic E-state index is 0.0373. The number of alkyl halides is 1. The number of nitrogens with one attached hydrogen (secondary N) is 1. The topological polar surface area (TPSA) is 69.3 Å². The van der Waals surface area contributed by atoms with Gasteiger partial charge in [0, 0.05) is 13.1 Å². The number of hydrogen-bond acceptors (Lipinski definition) is 4. The van der Waals surface area contributed by atoms with Crippen molar-refractivity contribution in [3.63, 3.8) is 0 Å². The molecule has 6 nitrogen and oxygen atoms in total. The second kappa shape index (κ2) is 6.64. The van der Waals surface area contributed by atoms with Gasteiger partial charge < -0.3 is 4.90 Å². The second-order valence-corrected chi connectivity index (χ2v) is 7.65. The first kappa shape index (κ1) is 16.7. The number of halogens is 1. The molecule has 0 atom stereocenters. The van der Waals surface area contributed by atoms with E-state index < -0.39 is 10.0 Å². The number of aromatic nitrogens is 2. The number of piperidine rings is 1. The lowest BCUT2D eigenvalue weighted by molar-refractivity contribution is 0.176. The van der Waals surface area contributed by atoms with Gasteiger partial charge in [-0.15, -0.1) is 11.6 Å². The maximum atomic E-state index is 12.8. The van der Waals surface area contributed by atoms with Gasteiger partial charge in [0.25, 0.3) is 0 Å². The van der Waals surface area contributed by atoms with Crippen molar-refractivity contribution in [3.05, 3.63) is 11.4 Å². The van der Waals surface area contributed by atoms with Crippen molar-refractivity contribution in [2.75, 3.05) is 26.7 Å². The minimum Gasteiger partial charge on any atom is -0.303 e. The van der Waals surface area contributed by atoms with Crippen LogP contribution in [0.25, 0.3) is 0 Å². The Balaban J connectivity index is 2.21. The van der Waals surface area contributed by atoms with Crippen LogP contribution >= 0.6 is 11.6 Å². The number of nitrogens with zero attached hydrogens (tertiary/aromatic N) is 3. The Morgan fingerprint density at radius 1 is 1.43 bits per heavy atom. The van der Waals surface area contributed by atoms with Crippen LogP contribution in [-0.2, 0) is 15.9 Å². The Hall–Kier alpha value is -0.630. The summed E-state index contributed by atoms with van der Waals surface area (Å²) in [5.74, 6) is 0.0843. The molecule has 120 valence electrons. The van der Waals surface area contributed by atoms with Crippen LogP contribution in [0.5, 0.6) is 0 Å². The molecule has 0 radical (unpaired) electrons. The molecule has 2 rings (SSSR count). The van der Waals surface area contributed by atoms with Crippen LogP contribution in [0.3, 0.4) is 0 Å². The van der Waals surface area contributed by atoms with Gasteiger partial charge in [-0.2, -0.15) is 9.40 Å². The molecule has 2 heterocycles. The molecule has 0 aliphatic carbocycles. The van der Waals surface area contributed by atoms with E-state index in [0.717, 1.165) is 32.5 Å². The lowest BCUT2D eigenvalue weighted by Crippen LogP contribution is -2.45. The van der Waals surface area contributed by atoms with Crippen LogP contribution in [0, 0.1) is 6.92 Å². The van der Waals surface area contributed by atoms with E-state index in [2.05, 4.69) is 22.0 Å². The highest BCUT2D eigenvalue weighted by Gasteiger charge is 2.34. The highest BCUT2D eigenvalue weighted by molar-refractivity contribution is 7.89. The van der Waals surface area contributed by atoms with Crippen LogP contribution in [0.2, 0.25) is 0 Å². The fourth-order valence-electron chi connectivity index (χ4n) is 2.84. The van der Waals surface area contributed by atoms with E-state index in [9.17, 15) is 8.42 Å². The van der Waals surface area contributed by atoms with Crippen LogP contribution in [0.15, 0.2) is 4.90 Å². The number of aryl methyl sites for hydroxylation is 1. The maximum Gasteiger partial charge on any atom is 0.246 e. The van der Waals surface area contributed by atoms with Gasteiger partial charge in [0.05, 0.1) is 17.3 Å². The molecular weight excluding hydrogens is 312 g/mol. The van der Waals surface area contributed by atoms with Crippen molar-refractivity contribution in [2.45, 2.75) is 43.5 Å². The van der Waals surface area contributed by atoms with Gasteiger partial charge in [-0.1, -0.05) is 6.92 Å². The van der Waals surface area contributed by atoms with Crippen molar-refractivity contribution in [1.29, 1.82) is 0 Å². The summed E-state index contributed by atoms with van der Waals surface area (Å²) in [5.41, 5.74) is 0.940. The van der Waals surface area contributed by atoms with Gasteiger partial charge in [-0.05, 0) is 39.4 Å². The molecule has 1 fully saturated rings. The average molecular weight is 335 g/mol. The highest BCUT2D eigenvalue weighted by Crippen LogP contribution is 2.26. The summed E-state index contributed by atoms with van der Waals surface area (Å²) in [7, 11) is -1.90. The quantitative estimate of drug-likeness (QED) is 0.830. The van der Waals surface area contributed by atoms with Gasteiger partial charge in [0.2, 0.25) is 10.0 Å². The van der Waals surface area contributed by atoms with Crippen molar-refractivity contribution < 1.29 is 8.42 Å². The third kappa shape index (κ3) is 3.26. The third-order valence-electron chi connectivity index (χ3n) is 4.24. The largest absolute Gasteiger partial charge is 0.303 e. The number of aromatic amines is 1. The molecule has 1 aliphatic rings. The number of hydrogen-bond donors (Lipinski definition) is 1. The van der Waals surface area contributed by atoms with Crippen molar-refractivity contribution in [1.82, 2.24) is 19.4 Å². The first-order valence-corrected chi connectivity index (χ1v) is 9.19. The molecular formula is C13H23ClN4O2S. The van der Waals surface area contributed by atoms with E-state index >= 15 is 0 Å². The van der Waals surface area contributed by atoms with E-state index in [0.29, 0.717) is 11.4 Å². The lowest BCUT2D eigenvalue weighted by Gasteiger charge is -2.35. The molecule has 8 heteroatoms. The Morgan fingerprint density at radius 3 is 2.57 bits per heavy atom. The Bertz CT molecular complexity index is 579. The zero-order chi connectivity index (χ0) is 15.6. The zero-order valence-corrected chi connectivity index (χ0v) is 14.3. The molecule has 1 aromatic heterocycles. The summed E-state index contributed by atoms with van der Waals surface area (Å²) in [5, 5.41) is 6.70. The Kier molecular flexibility index (Phi) is 5.29. The van der Waals surface area contributed by atoms with Crippen LogP contribution in [-0.4, -0.2) is 60.5 Å². The second-order valence-electron chi connectivity index (χ2n) is 5.44. The van der Waals surface area contributed by atoms with Gasteiger partial charge >= 0.3 is 0 Å². The first-order chi connectivity index (χ1) is 9.91. The third-order valence-corrected chi connectivity index (χ3v) is 6.61. The molecule has 0 saturated carbocycles. The Morgan fingerprint density at radius 2 is 2.05 bits per heavy atom. The molecule has 0 unspecified atom stereocenters. The Labute approximate surface area is 131 Å². The van der Waals surface area contributed by atoms with Crippen LogP contribution < -0.4 is 0 Å². The van der Waals surface area contributed by atoms with Gasteiger partial charge in [0.1, 0.15) is 4.90 Å². The fraction of sp³-hybridized carbons (Fsp3) is 0.769. The normalized spacial score (nSPS) is 18.5. The van der Waals surface area contributed by atoms with Gasteiger partial charge in [-0.3, -0.25) is 5.10 Å². The van der Waals surface area contributed by atoms with Crippen molar-refractivity contribution in [3.8, 4) is 0 Å². The number of likely N-dealkylation sites (tertiary alicyclic amines) is 1. The number of H-pyrrole nitrogens is 1. The monoisotopic (exact) mass is 334 g/mol. The SMILES string of the molecule is CCN1CCC(N(C)S(=O)(=O)c2c(CCl)n[nH]c2C)CC1. The summed E-state index contributed by atoms with van der Waals surface area (Å²) in [6, 6.07) is 0.0373. The van der Waals surface area contributed by atoms with Crippen LogP contribution in [0.4, 0.5) is 0 Å². The minimum atomic E-state index is -3.56. The van der Waals surface area contributed by atoms with E-state index in [1.54, 1.807) is 14.0 Å². The summed E-state index contributed by atoms with van der Waals surface area (Å²) >= 11 is 5.81. The summed E-state index contributed by atoms with van der Waals surface area (Å²) < 4.78 is 27.2. The number of rotatable bonds is 5. The van der Waals surface area contributed by atoms with Crippen LogP contribution in [0.1, 0.15) is 31.2 Å². The maximum absolute atomic E-state index is 12.8. The molecule has 1 saturated heterocycles. The zero-order valence-electron chi connectivity index (χ0n) is 12.8. The molecule has 0 spiro atoms. The van der Waals surface area contributed by atoms with E-state index in [-0.39, 0.29) is 16.8 Å². The first-order valence-electron chi connectivity index (χ1n) is 7.22.